The maximum atomic E-state index is 5.81. The summed E-state index contributed by atoms with van der Waals surface area (Å²) in [4.78, 5) is 5.90. The number of thiazole rings is 1. The Kier molecular flexibility index (Phi) is 5.15. The molecular weight excluding hydrogens is 268 g/mol. The van der Waals surface area contributed by atoms with E-state index >= 15 is 0 Å². The van der Waals surface area contributed by atoms with Gasteiger partial charge in [0.2, 0.25) is 0 Å². The molecule has 0 atom stereocenters. The molecule has 2 rings (SSSR count). The maximum Gasteiger partial charge on any atom is 0.119 e. The van der Waals surface area contributed by atoms with E-state index in [0.717, 1.165) is 29.4 Å². The van der Waals surface area contributed by atoms with E-state index in [9.17, 15) is 0 Å². The molecule has 1 N–H and O–H groups in total. The molecule has 1 aromatic carbocycles. The van der Waals surface area contributed by atoms with Crippen molar-refractivity contribution in [3.05, 3.63) is 44.9 Å². The third kappa shape index (κ3) is 3.81. The number of ether oxygens (including phenoxy) is 1. The summed E-state index contributed by atoms with van der Waals surface area (Å²) in [6.07, 6.45) is 0.863. The molecule has 0 aliphatic carbocycles. The van der Waals surface area contributed by atoms with Crippen LogP contribution < -0.4 is 10.1 Å². The van der Waals surface area contributed by atoms with E-state index in [1.807, 2.05) is 13.1 Å². The standard InChI is InChI=1S/C16H22N2OS/c1-11-5-6-14(9-12(11)2)19-8-7-16-18-13(3)15(20-16)10-17-4/h5-6,9,17H,7-8,10H2,1-4H3. The fraction of sp³-hybridized carbons (Fsp3) is 0.438. The molecule has 3 nitrogen and oxygen atoms in total. The second kappa shape index (κ2) is 6.86. The molecule has 0 radical (unpaired) electrons. The van der Waals surface area contributed by atoms with Crippen molar-refractivity contribution in [3.63, 3.8) is 0 Å². The first-order valence-electron chi connectivity index (χ1n) is 6.90. The predicted molar refractivity (Wildman–Crippen MR) is 84.7 cm³/mol. The average Bonchev–Trinajstić information content (AvgIpc) is 2.75. The zero-order valence-corrected chi connectivity index (χ0v) is 13.4. The molecule has 0 unspecified atom stereocenters. The van der Waals surface area contributed by atoms with Gasteiger partial charge in [-0.15, -0.1) is 11.3 Å². The minimum absolute atomic E-state index is 0.675. The quantitative estimate of drug-likeness (QED) is 0.885. The number of hydrogen-bond acceptors (Lipinski definition) is 4. The van der Waals surface area contributed by atoms with Gasteiger partial charge in [-0.2, -0.15) is 0 Å². The molecular formula is C16H22N2OS. The SMILES string of the molecule is CNCc1sc(CCOc2ccc(C)c(C)c2)nc1C. The summed E-state index contributed by atoms with van der Waals surface area (Å²) in [5.41, 5.74) is 3.69. The van der Waals surface area contributed by atoms with Crippen LogP contribution >= 0.6 is 11.3 Å². The van der Waals surface area contributed by atoms with Crippen LogP contribution in [0.1, 0.15) is 26.7 Å². The predicted octanol–water partition coefficient (Wildman–Crippen LogP) is 3.41. The number of aryl methyl sites for hydroxylation is 3. The van der Waals surface area contributed by atoms with Crippen molar-refractivity contribution < 1.29 is 4.74 Å². The van der Waals surface area contributed by atoms with Crippen LogP contribution in [0.15, 0.2) is 18.2 Å². The Morgan fingerprint density at radius 2 is 2.00 bits per heavy atom. The fourth-order valence-electron chi connectivity index (χ4n) is 1.98. The lowest BCUT2D eigenvalue weighted by molar-refractivity contribution is 0.321. The lowest BCUT2D eigenvalue weighted by atomic mass is 10.1. The number of nitrogens with one attached hydrogen (secondary N) is 1. The van der Waals surface area contributed by atoms with E-state index < -0.39 is 0 Å². The summed E-state index contributed by atoms with van der Waals surface area (Å²) in [5, 5.41) is 4.32. The molecule has 2 aromatic rings. The van der Waals surface area contributed by atoms with Gasteiger partial charge in [0, 0.05) is 17.8 Å². The van der Waals surface area contributed by atoms with Crippen molar-refractivity contribution >= 4 is 11.3 Å². The van der Waals surface area contributed by atoms with Crippen LogP contribution in [-0.2, 0) is 13.0 Å². The van der Waals surface area contributed by atoms with Crippen molar-refractivity contribution in [2.45, 2.75) is 33.7 Å². The molecule has 0 bridgehead atoms. The van der Waals surface area contributed by atoms with Gasteiger partial charge in [-0.25, -0.2) is 4.98 Å². The van der Waals surface area contributed by atoms with E-state index in [2.05, 4.69) is 43.2 Å². The highest BCUT2D eigenvalue weighted by Crippen LogP contribution is 2.20. The average molecular weight is 290 g/mol. The van der Waals surface area contributed by atoms with E-state index in [1.54, 1.807) is 11.3 Å². The Hall–Kier alpha value is -1.39. The molecule has 1 aromatic heterocycles. The highest BCUT2D eigenvalue weighted by molar-refractivity contribution is 7.11. The molecule has 4 heteroatoms. The molecule has 0 saturated heterocycles. The first kappa shape index (κ1) is 15.0. The van der Waals surface area contributed by atoms with Crippen molar-refractivity contribution in [2.24, 2.45) is 0 Å². The van der Waals surface area contributed by atoms with Crippen LogP contribution in [0.2, 0.25) is 0 Å². The van der Waals surface area contributed by atoms with Gasteiger partial charge >= 0.3 is 0 Å². The molecule has 0 aliphatic rings. The van der Waals surface area contributed by atoms with E-state index in [0.29, 0.717) is 6.61 Å². The molecule has 0 spiro atoms. The maximum absolute atomic E-state index is 5.81. The molecule has 1 heterocycles. The number of aromatic nitrogens is 1. The third-order valence-electron chi connectivity index (χ3n) is 3.34. The lowest BCUT2D eigenvalue weighted by Gasteiger charge is -2.07. The van der Waals surface area contributed by atoms with Crippen LogP contribution in [0.25, 0.3) is 0 Å². The number of hydrogen-bond donors (Lipinski definition) is 1. The highest BCUT2D eigenvalue weighted by atomic mass is 32.1. The fourth-order valence-corrected chi connectivity index (χ4v) is 3.04. The van der Waals surface area contributed by atoms with Crippen LogP contribution in [0.4, 0.5) is 0 Å². The van der Waals surface area contributed by atoms with E-state index in [1.165, 1.54) is 16.0 Å². The van der Waals surface area contributed by atoms with Crippen LogP contribution in [0.5, 0.6) is 5.75 Å². The number of nitrogens with zero attached hydrogens (tertiary/aromatic N) is 1. The second-order valence-electron chi connectivity index (χ2n) is 4.99. The van der Waals surface area contributed by atoms with Gasteiger partial charge in [0.1, 0.15) is 5.75 Å². The Bertz CT molecular complexity index is 578. The molecule has 0 fully saturated rings. The first-order chi connectivity index (χ1) is 9.60. The van der Waals surface area contributed by atoms with Gasteiger partial charge in [0.05, 0.1) is 17.3 Å². The van der Waals surface area contributed by atoms with Crippen LogP contribution in [-0.4, -0.2) is 18.6 Å². The molecule has 108 valence electrons. The topological polar surface area (TPSA) is 34.1 Å². The van der Waals surface area contributed by atoms with Crippen molar-refractivity contribution in [2.75, 3.05) is 13.7 Å². The summed E-state index contributed by atoms with van der Waals surface area (Å²) < 4.78 is 5.81. The Labute approximate surface area is 125 Å². The lowest BCUT2D eigenvalue weighted by Crippen LogP contribution is -2.04. The Morgan fingerprint density at radius 3 is 2.70 bits per heavy atom. The van der Waals surface area contributed by atoms with Crippen LogP contribution in [0.3, 0.4) is 0 Å². The van der Waals surface area contributed by atoms with Gasteiger partial charge in [-0.3, -0.25) is 0 Å². The first-order valence-corrected chi connectivity index (χ1v) is 7.71. The summed E-state index contributed by atoms with van der Waals surface area (Å²) in [5.74, 6) is 0.942. The minimum Gasteiger partial charge on any atom is -0.493 e. The number of rotatable bonds is 6. The third-order valence-corrected chi connectivity index (χ3v) is 4.55. The highest BCUT2D eigenvalue weighted by Gasteiger charge is 2.07. The van der Waals surface area contributed by atoms with E-state index in [4.69, 9.17) is 4.74 Å². The van der Waals surface area contributed by atoms with Gasteiger partial charge in [-0.05, 0) is 51.1 Å². The molecule has 20 heavy (non-hydrogen) atoms. The van der Waals surface area contributed by atoms with E-state index in [-0.39, 0.29) is 0 Å². The van der Waals surface area contributed by atoms with Gasteiger partial charge in [-0.1, -0.05) is 6.07 Å². The van der Waals surface area contributed by atoms with Crippen LogP contribution in [0, 0.1) is 20.8 Å². The minimum atomic E-state index is 0.675. The summed E-state index contributed by atoms with van der Waals surface area (Å²) in [7, 11) is 1.96. The largest absolute Gasteiger partial charge is 0.493 e. The van der Waals surface area contributed by atoms with Gasteiger partial charge in [0.15, 0.2) is 0 Å². The normalized spacial score (nSPS) is 10.8. The zero-order valence-electron chi connectivity index (χ0n) is 12.6. The Balaban J connectivity index is 1.89. The molecule has 0 saturated carbocycles. The Morgan fingerprint density at radius 1 is 1.20 bits per heavy atom. The van der Waals surface area contributed by atoms with Gasteiger partial charge < -0.3 is 10.1 Å². The zero-order chi connectivity index (χ0) is 14.5. The molecule has 0 amide bonds. The molecule has 0 aliphatic heterocycles. The summed E-state index contributed by atoms with van der Waals surface area (Å²) in [6.45, 7) is 7.85. The second-order valence-corrected chi connectivity index (χ2v) is 6.16. The monoisotopic (exact) mass is 290 g/mol. The van der Waals surface area contributed by atoms with Crippen molar-refractivity contribution in [1.82, 2.24) is 10.3 Å². The summed E-state index contributed by atoms with van der Waals surface area (Å²) >= 11 is 1.77. The van der Waals surface area contributed by atoms with Crippen molar-refractivity contribution in [3.8, 4) is 5.75 Å². The smallest absolute Gasteiger partial charge is 0.119 e. The van der Waals surface area contributed by atoms with Gasteiger partial charge in [0.25, 0.3) is 0 Å². The number of benzene rings is 1. The van der Waals surface area contributed by atoms with Crippen molar-refractivity contribution in [1.29, 1.82) is 0 Å². The summed E-state index contributed by atoms with van der Waals surface area (Å²) in [6, 6.07) is 6.22.